The molecule has 2 amide bonds. The fourth-order valence-electron chi connectivity index (χ4n) is 6.07. The summed E-state index contributed by atoms with van der Waals surface area (Å²) in [4.78, 5) is 37.5. The zero-order valence-electron chi connectivity index (χ0n) is 25.1. The summed E-state index contributed by atoms with van der Waals surface area (Å²) in [7, 11) is -4.45. The maximum atomic E-state index is 15.0. The van der Waals surface area contributed by atoms with Crippen molar-refractivity contribution >= 4 is 33.3 Å². The molecule has 2 aromatic rings. The number of hydrogen-bond acceptors (Lipinski definition) is 9. The minimum Gasteiger partial charge on any atom is -0.496 e. The number of carboxylic acids is 1. The van der Waals surface area contributed by atoms with Gasteiger partial charge < -0.3 is 34.7 Å². The lowest BCUT2D eigenvalue weighted by atomic mass is 9.75. The Morgan fingerprint density at radius 2 is 1.77 bits per heavy atom. The Kier molecular flexibility index (Phi) is 9.45. The monoisotopic (exact) mass is 688 g/mol. The Bertz CT molecular complexity index is 1660. The molecule has 2 aliphatic carbocycles. The van der Waals surface area contributed by atoms with Crippen molar-refractivity contribution in [3.63, 3.8) is 0 Å². The Balaban J connectivity index is 1.34. The molecule has 0 unspecified atom stereocenters. The van der Waals surface area contributed by atoms with Gasteiger partial charge >= 0.3 is 11.5 Å². The predicted octanol–water partition coefficient (Wildman–Crippen LogP) is 4.04. The average Bonchev–Trinajstić information content (AvgIpc) is 3.61. The van der Waals surface area contributed by atoms with Crippen LogP contribution in [0.3, 0.4) is 0 Å². The van der Waals surface area contributed by atoms with E-state index in [9.17, 15) is 41.1 Å². The van der Waals surface area contributed by atoms with E-state index in [1.807, 2.05) is 0 Å². The molecule has 1 aliphatic heterocycles. The quantitative estimate of drug-likeness (QED) is 0.328. The molecule has 17 heteroatoms. The molecule has 47 heavy (non-hydrogen) atoms. The Labute approximate surface area is 266 Å². The third kappa shape index (κ3) is 6.87. The molecule has 5 rings (SSSR count). The molecule has 256 valence electrons. The summed E-state index contributed by atoms with van der Waals surface area (Å²) in [6, 6.07) is 4.77. The van der Waals surface area contributed by atoms with Crippen LogP contribution in [-0.4, -0.2) is 75.1 Å². The molecule has 2 saturated carbocycles. The zero-order valence-corrected chi connectivity index (χ0v) is 26.0. The topological polar surface area (TPSA) is 167 Å². The highest BCUT2D eigenvalue weighted by Gasteiger charge is 2.52. The van der Waals surface area contributed by atoms with Gasteiger partial charge in [-0.1, -0.05) is 6.07 Å². The SMILES string of the molecule is COc1cc(F)c(OC2CCC(C)(C(=O)O)CC2)cc1C(=O)N[C@H]1[C@@H]2OCO[C@@H]2C[C@H]1C(=O)Nc1cccc(S(=O)(=O)C(F)(F)F)c1. The van der Waals surface area contributed by atoms with Gasteiger partial charge in [-0.3, -0.25) is 14.4 Å². The molecular formula is C30H32F4N2O10S. The van der Waals surface area contributed by atoms with E-state index >= 15 is 4.39 Å². The largest absolute Gasteiger partial charge is 0.501 e. The average molecular weight is 689 g/mol. The van der Waals surface area contributed by atoms with E-state index < -0.39 is 79.5 Å². The summed E-state index contributed by atoms with van der Waals surface area (Å²) in [5.41, 5.74) is -6.83. The molecule has 0 spiro atoms. The van der Waals surface area contributed by atoms with Gasteiger partial charge in [0.15, 0.2) is 11.6 Å². The highest BCUT2D eigenvalue weighted by Crippen LogP contribution is 2.40. The molecule has 1 heterocycles. The van der Waals surface area contributed by atoms with Gasteiger partial charge in [-0.25, -0.2) is 12.8 Å². The van der Waals surface area contributed by atoms with Gasteiger partial charge in [0.25, 0.3) is 15.7 Å². The van der Waals surface area contributed by atoms with Crippen LogP contribution in [0.25, 0.3) is 0 Å². The third-order valence-corrected chi connectivity index (χ3v) is 10.4. The molecule has 3 N–H and O–H groups in total. The number of carbonyl (C=O) groups is 3. The van der Waals surface area contributed by atoms with Gasteiger partial charge in [-0.15, -0.1) is 0 Å². The summed E-state index contributed by atoms with van der Waals surface area (Å²) >= 11 is 0. The summed E-state index contributed by atoms with van der Waals surface area (Å²) < 4.78 is 100. The molecule has 1 saturated heterocycles. The highest BCUT2D eigenvalue weighted by molar-refractivity contribution is 7.92. The second-order valence-electron chi connectivity index (χ2n) is 11.9. The predicted molar refractivity (Wildman–Crippen MR) is 154 cm³/mol. The number of sulfone groups is 1. The molecule has 0 radical (unpaired) electrons. The van der Waals surface area contributed by atoms with Gasteiger partial charge in [0.2, 0.25) is 5.91 Å². The van der Waals surface area contributed by atoms with Crippen molar-refractivity contribution in [1.29, 1.82) is 0 Å². The first-order chi connectivity index (χ1) is 22.0. The maximum Gasteiger partial charge on any atom is 0.501 e. The van der Waals surface area contributed by atoms with Crippen LogP contribution in [0.15, 0.2) is 41.3 Å². The number of ether oxygens (including phenoxy) is 4. The third-order valence-electron chi connectivity index (χ3n) is 8.88. The van der Waals surface area contributed by atoms with Crippen LogP contribution in [0.1, 0.15) is 49.4 Å². The van der Waals surface area contributed by atoms with Crippen molar-refractivity contribution in [3.8, 4) is 11.5 Å². The number of hydrogen-bond donors (Lipinski definition) is 3. The molecule has 3 aliphatic rings. The lowest BCUT2D eigenvalue weighted by molar-refractivity contribution is -0.150. The fourth-order valence-corrected chi connectivity index (χ4v) is 6.88. The van der Waals surface area contributed by atoms with Gasteiger partial charge in [0.1, 0.15) is 18.6 Å². The van der Waals surface area contributed by atoms with Crippen LogP contribution < -0.4 is 20.1 Å². The fraction of sp³-hybridized carbons (Fsp3) is 0.500. The molecule has 12 nitrogen and oxygen atoms in total. The Morgan fingerprint density at radius 1 is 1.06 bits per heavy atom. The van der Waals surface area contributed by atoms with Crippen LogP contribution in [-0.2, 0) is 28.9 Å². The first-order valence-electron chi connectivity index (χ1n) is 14.6. The highest BCUT2D eigenvalue weighted by atomic mass is 32.2. The van der Waals surface area contributed by atoms with E-state index in [0.717, 1.165) is 24.3 Å². The van der Waals surface area contributed by atoms with Crippen molar-refractivity contribution in [3.05, 3.63) is 47.8 Å². The van der Waals surface area contributed by atoms with Crippen molar-refractivity contribution in [2.45, 2.75) is 73.8 Å². The van der Waals surface area contributed by atoms with Crippen LogP contribution in [0.4, 0.5) is 23.2 Å². The number of methoxy groups -OCH3 is 1. The minimum atomic E-state index is -5.68. The van der Waals surface area contributed by atoms with E-state index in [2.05, 4.69) is 10.6 Å². The number of rotatable bonds is 9. The number of carbonyl (C=O) groups excluding carboxylic acids is 2. The molecule has 4 atom stereocenters. The van der Waals surface area contributed by atoms with E-state index in [-0.39, 0.29) is 36.0 Å². The van der Waals surface area contributed by atoms with Crippen LogP contribution in [0.5, 0.6) is 11.5 Å². The number of amides is 2. The maximum absolute atomic E-state index is 15.0. The smallest absolute Gasteiger partial charge is 0.496 e. The summed E-state index contributed by atoms with van der Waals surface area (Å²) in [5, 5.41) is 14.6. The lowest BCUT2D eigenvalue weighted by Gasteiger charge is -2.34. The standard InChI is InChI=1S/C30H32F4N2O10S/c1-29(28(39)40)8-6-16(7-9-29)46-22-11-18(21(43-2)13-20(22)31)26(37)36-24-19(12-23-25(24)45-14-44-23)27(38)35-15-4-3-5-17(10-15)47(41,42)30(32,33)34/h3-5,10-11,13,16,19,23-25H,6-9,12,14H2,1-2H3,(H,35,38)(H,36,37)(H,39,40)/t16?,19-,23-,24-,25-,29?/m1/s1. The Morgan fingerprint density at radius 3 is 2.40 bits per heavy atom. The molecule has 3 fully saturated rings. The number of halogens is 4. The minimum absolute atomic E-state index is 0.0494. The lowest BCUT2D eigenvalue weighted by Crippen LogP contribution is -2.48. The van der Waals surface area contributed by atoms with E-state index in [0.29, 0.717) is 31.7 Å². The van der Waals surface area contributed by atoms with Gasteiger partial charge in [0.05, 0.1) is 47.2 Å². The molecule has 0 bridgehead atoms. The number of alkyl halides is 3. The molecular weight excluding hydrogens is 656 g/mol. The first kappa shape index (κ1) is 34.4. The summed E-state index contributed by atoms with van der Waals surface area (Å²) in [6.07, 6.45) is -0.538. The summed E-state index contributed by atoms with van der Waals surface area (Å²) in [5.74, 6) is -4.71. The van der Waals surface area contributed by atoms with Gasteiger partial charge in [-0.05, 0) is 63.3 Å². The van der Waals surface area contributed by atoms with Crippen LogP contribution in [0, 0.1) is 17.2 Å². The van der Waals surface area contributed by atoms with Crippen molar-refractivity contribution in [1.82, 2.24) is 5.32 Å². The number of nitrogens with one attached hydrogen (secondary N) is 2. The number of benzene rings is 2. The van der Waals surface area contributed by atoms with E-state index in [4.69, 9.17) is 18.9 Å². The van der Waals surface area contributed by atoms with E-state index in [1.54, 1.807) is 6.92 Å². The molecule has 0 aromatic heterocycles. The molecule has 2 aromatic carbocycles. The first-order valence-corrected chi connectivity index (χ1v) is 16.1. The van der Waals surface area contributed by atoms with Crippen LogP contribution >= 0.6 is 0 Å². The van der Waals surface area contributed by atoms with Crippen molar-refractivity contribution in [2.24, 2.45) is 11.3 Å². The number of carboxylic acid groups (broad SMARTS) is 1. The number of aliphatic carboxylic acids is 1. The van der Waals surface area contributed by atoms with Crippen LogP contribution in [0.2, 0.25) is 0 Å². The van der Waals surface area contributed by atoms with Gasteiger partial charge in [0, 0.05) is 11.8 Å². The van der Waals surface area contributed by atoms with Crippen molar-refractivity contribution < 1.29 is 64.4 Å². The zero-order chi connectivity index (χ0) is 34.3. The number of fused-ring (bicyclic) bond motifs is 1. The summed E-state index contributed by atoms with van der Waals surface area (Å²) in [6.45, 7) is 1.52. The number of anilines is 1. The second-order valence-corrected chi connectivity index (χ2v) is 13.9. The second kappa shape index (κ2) is 12.9. The van der Waals surface area contributed by atoms with Gasteiger partial charge in [-0.2, -0.15) is 13.2 Å². The van der Waals surface area contributed by atoms with Crippen molar-refractivity contribution in [2.75, 3.05) is 19.2 Å². The normalized spacial score (nSPS) is 27.5. The Hall–Kier alpha value is -3.96. The van der Waals surface area contributed by atoms with E-state index in [1.165, 1.54) is 13.2 Å².